The molecule has 57 heavy (non-hydrogen) atoms. The van der Waals surface area contributed by atoms with E-state index in [0.717, 1.165) is 88.8 Å². The number of aromatic nitrogens is 4. The SMILES string of the molecule is c1ccc(-c2cc(-c3ccccc3)nc(-c3cccc(-n4c5ccccc5c5ccc6c(c7cc8oc9ccccc9c8cc7n6-c6ccccc6)c54)c3)n2)cc1. The van der Waals surface area contributed by atoms with Gasteiger partial charge in [-0.05, 0) is 60.7 Å². The van der Waals surface area contributed by atoms with Gasteiger partial charge in [0.15, 0.2) is 5.82 Å². The molecule has 0 saturated carbocycles. The molecule has 0 N–H and O–H groups in total. The van der Waals surface area contributed by atoms with Crippen LogP contribution < -0.4 is 0 Å². The van der Waals surface area contributed by atoms with Gasteiger partial charge in [-0.2, -0.15) is 0 Å². The lowest BCUT2D eigenvalue weighted by atomic mass is 10.1. The van der Waals surface area contributed by atoms with Crippen molar-refractivity contribution in [2.24, 2.45) is 0 Å². The maximum Gasteiger partial charge on any atom is 0.160 e. The molecule has 0 aliphatic heterocycles. The van der Waals surface area contributed by atoms with Crippen LogP contribution in [-0.2, 0) is 0 Å². The number of furan rings is 1. The quantitative estimate of drug-likeness (QED) is 0.177. The third-order valence-electron chi connectivity index (χ3n) is 11.3. The fourth-order valence-electron chi connectivity index (χ4n) is 8.77. The standard InChI is InChI=1S/C52H32N4O/c1-4-15-33(16-5-1)43-32-44(34-17-6-2-7-18-34)54-52(53-43)35-19-14-22-37(29-35)56-45-25-12-10-23-38(45)40-27-28-46-50(51(40)56)42-31-49-41(39-24-11-13-26-48(39)57-49)30-47(42)55(46)36-20-8-3-9-21-36/h1-32H. The minimum absolute atomic E-state index is 0.677. The number of fused-ring (bicyclic) bond motifs is 10. The van der Waals surface area contributed by atoms with Crippen molar-refractivity contribution in [3.05, 3.63) is 194 Å². The lowest BCUT2D eigenvalue weighted by Crippen LogP contribution is -1.98. The van der Waals surface area contributed by atoms with E-state index in [1.165, 1.54) is 16.2 Å². The molecule has 4 aromatic heterocycles. The predicted molar refractivity (Wildman–Crippen MR) is 234 cm³/mol. The van der Waals surface area contributed by atoms with Gasteiger partial charge in [0.2, 0.25) is 0 Å². The Labute approximate surface area is 327 Å². The minimum Gasteiger partial charge on any atom is -0.456 e. The van der Waals surface area contributed by atoms with E-state index in [9.17, 15) is 0 Å². The molecule has 5 nitrogen and oxygen atoms in total. The highest BCUT2D eigenvalue weighted by Crippen LogP contribution is 2.44. The maximum atomic E-state index is 6.53. The summed E-state index contributed by atoms with van der Waals surface area (Å²) >= 11 is 0. The van der Waals surface area contributed by atoms with Gasteiger partial charge in [0.25, 0.3) is 0 Å². The molecule has 12 rings (SSSR count). The van der Waals surface area contributed by atoms with Crippen molar-refractivity contribution >= 4 is 65.6 Å². The van der Waals surface area contributed by atoms with Gasteiger partial charge in [-0.3, -0.25) is 0 Å². The van der Waals surface area contributed by atoms with E-state index < -0.39 is 0 Å². The molecule has 0 fully saturated rings. The Kier molecular flexibility index (Phi) is 6.86. The molecule has 0 aliphatic rings. The first kappa shape index (κ1) is 31.6. The van der Waals surface area contributed by atoms with Gasteiger partial charge in [0, 0.05) is 60.4 Å². The zero-order chi connectivity index (χ0) is 37.5. The summed E-state index contributed by atoms with van der Waals surface area (Å²) in [5.41, 5.74) is 13.3. The Bertz CT molecular complexity index is 3450. The second-order valence-electron chi connectivity index (χ2n) is 14.6. The van der Waals surface area contributed by atoms with Gasteiger partial charge >= 0.3 is 0 Å². The maximum absolute atomic E-state index is 6.53. The van der Waals surface area contributed by atoms with Gasteiger partial charge in [0.05, 0.1) is 33.5 Å². The summed E-state index contributed by atoms with van der Waals surface area (Å²) in [6.07, 6.45) is 0. The lowest BCUT2D eigenvalue weighted by Gasteiger charge is -2.13. The van der Waals surface area contributed by atoms with Crippen LogP contribution in [0.25, 0.3) is 111 Å². The number of hydrogen-bond acceptors (Lipinski definition) is 3. The first-order chi connectivity index (χ1) is 28.3. The van der Waals surface area contributed by atoms with Crippen LogP contribution in [0.5, 0.6) is 0 Å². The van der Waals surface area contributed by atoms with Crippen LogP contribution in [0.3, 0.4) is 0 Å². The van der Waals surface area contributed by atoms with E-state index >= 15 is 0 Å². The van der Waals surface area contributed by atoms with Crippen molar-refractivity contribution in [2.45, 2.75) is 0 Å². The van der Waals surface area contributed by atoms with E-state index in [1.54, 1.807) is 0 Å². The summed E-state index contributed by atoms with van der Waals surface area (Å²) in [6, 6.07) is 68.3. The van der Waals surface area contributed by atoms with Crippen LogP contribution in [-0.4, -0.2) is 19.1 Å². The lowest BCUT2D eigenvalue weighted by molar-refractivity contribution is 0.669. The zero-order valence-corrected chi connectivity index (χ0v) is 30.7. The normalized spacial score (nSPS) is 11.9. The fraction of sp³-hybridized carbons (Fsp3) is 0. The molecule has 0 unspecified atom stereocenters. The minimum atomic E-state index is 0.677. The van der Waals surface area contributed by atoms with Crippen LogP contribution in [0.1, 0.15) is 0 Å². The van der Waals surface area contributed by atoms with Crippen LogP contribution in [0.4, 0.5) is 0 Å². The number of nitrogens with zero attached hydrogens (tertiary/aromatic N) is 4. The summed E-state index contributed by atoms with van der Waals surface area (Å²) in [4.78, 5) is 10.4. The van der Waals surface area contributed by atoms with Crippen molar-refractivity contribution in [1.29, 1.82) is 0 Å². The average molecular weight is 729 g/mol. The number of hydrogen-bond donors (Lipinski definition) is 0. The van der Waals surface area contributed by atoms with Crippen molar-refractivity contribution in [3.8, 4) is 45.3 Å². The average Bonchev–Trinajstić information content (AvgIpc) is 3.93. The molecule has 8 aromatic carbocycles. The second-order valence-corrected chi connectivity index (χ2v) is 14.6. The van der Waals surface area contributed by atoms with Crippen LogP contribution in [0.15, 0.2) is 199 Å². The van der Waals surface area contributed by atoms with Gasteiger partial charge in [-0.15, -0.1) is 0 Å². The largest absolute Gasteiger partial charge is 0.456 e. The van der Waals surface area contributed by atoms with Crippen molar-refractivity contribution < 1.29 is 4.42 Å². The highest BCUT2D eigenvalue weighted by molar-refractivity contribution is 6.28. The van der Waals surface area contributed by atoms with E-state index in [4.69, 9.17) is 14.4 Å². The van der Waals surface area contributed by atoms with Crippen LogP contribution in [0.2, 0.25) is 0 Å². The number of benzene rings is 8. The molecule has 4 heterocycles. The number of rotatable bonds is 5. The summed E-state index contributed by atoms with van der Waals surface area (Å²) in [6.45, 7) is 0. The smallest absolute Gasteiger partial charge is 0.160 e. The Morgan fingerprint density at radius 3 is 1.74 bits per heavy atom. The summed E-state index contributed by atoms with van der Waals surface area (Å²) in [7, 11) is 0. The molecule has 5 heteroatoms. The molecule has 0 spiro atoms. The van der Waals surface area contributed by atoms with Gasteiger partial charge in [-0.25, -0.2) is 9.97 Å². The molecular weight excluding hydrogens is 697 g/mol. The molecule has 0 saturated heterocycles. The second kappa shape index (κ2) is 12.4. The Morgan fingerprint density at radius 1 is 0.351 bits per heavy atom. The molecular formula is C52H32N4O. The van der Waals surface area contributed by atoms with E-state index in [0.29, 0.717) is 5.82 Å². The van der Waals surface area contributed by atoms with Crippen molar-refractivity contribution in [2.75, 3.05) is 0 Å². The predicted octanol–water partition coefficient (Wildman–Crippen LogP) is 13.6. The molecule has 266 valence electrons. The third kappa shape index (κ3) is 4.89. The Hall–Kier alpha value is -7.76. The summed E-state index contributed by atoms with van der Waals surface area (Å²) in [5, 5.41) is 6.91. The highest BCUT2D eigenvalue weighted by Gasteiger charge is 2.23. The molecule has 0 atom stereocenters. The van der Waals surface area contributed by atoms with Gasteiger partial charge in [0.1, 0.15) is 11.2 Å². The molecule has 0 bridgehead atoms. The first-order valence-corrected chi connectivity index (χ1v) is 19.2. The first-order valence-electron chi connectivity index (χ1n) is 19.2. The monoisotopic (exact) mass is 728 g/mol. The summed E-state index contributed by atoms with van der Waals surface area (Å²) in [5.74, 6) is 0.677. The summed E-state index contributed by atoms with van der Waals surface area (Å²) < 4.78 is 11.4. The van der Waals surface area contributed by atoms with Crippen molar-refractivity contribution in [1.82, 2.24) is 19.1 Å². The molecule has 0 radical (unpaired) electrons. The topological polar surface area (TPSA) is 48.8 Å². The van der Waals surface area contributed by atoms with Gasteiger partial charge in [-0.1, -0.05) is 133 Å². The van der Waals surface area contributed by atoms with E-state index in [2.05, 4.69) is 185 Å². The Morgan fingerprint density at radius 2 is 0.982 bits per heavy atom. The molecule has 0 amide bonds. The van der Waals surface area contributed by atoms with E-state index in [-0.39, 0.29) is 0 Å². The molecule has 12 aromatic rings. The van der Waals surface area contributed by atoms with Crippen LogP contribution in [0, 0.1) is 0 Å². The fourth-order valence-corrected chi connectivity index (χ4v) is 8.77. The van der Waals surface area contributed by atoms with Crippen LogP contribution >= 0.6 is 0 Å². The van der Waals surface area contributed by atoms with Gasteiger partial charge < -0.3 is 13.6 Å². The molecule has 0 aliphatic carbocycles. The van der Waals surface area contributed by atoms with E-state index in [1.807, 2.05) is 18.2 Å². The Balaban J connectivity index is 1.16. The number of para-hydroxylation sites is 3. The zero-order valence-electron chi connectivity index (χ0n) is 30.7. The third-order valence-corrected chi connectivity index (χ3v) is 11.3. The highest BCUT2D eigenvalue weighted by atomic mass is 16.3. The van der Waals surface area contributed by atoms with Crippen molar-refractivity contribution in [3.63, 3.8) is 0 Å².